The lowest BCUT2D eigenvalue weighted by Gasteiger charge is -2.00. The third kappa shape index (κ3) is 1.63. The zero-order chi connectivity index (χ0) is 7.52. The summed E-state index contributed by atoms with van der Waals surface area (Å²) in [5.74, 6) is 1.13. The van der Waals surface area contributed by atoms with Crippen molar-refractivity contribution in [2.24, 2.45) is 0 Å². The highest BCUT2D eigenvalue weighted by molar-refractivity contribution is 8.10. The molecule has 2 aliphatic rings. The van der Waals surface area contributed by atoms with Gasteiger partial charge in [-0.05, 0) is 11.5 Å². The Labute approximate surface area is 75.1 Å². The number of thioether (sulfide) groups is 2. The molecule has 0 bridgehead atoms. The molecular formula is C9H8S2. The maximum Gasteiger partial charge on any atom is 0.0220 e. The smallest absolute Gasteiger partial charge is 0.0220 e. The van der Waals surface area contributed by atoms with Crippen molar-refractivity contribution in [1.82, 2.24) is 0 Å². The summed E-state index contributed by atoms with van der Waals surface area (Å²) in [5, 5.41) is 2.13. The lowest BCUT2D eigenvalue weighted by molar-refractivity contribution is 1.77. The summed E-state index contributed by atoms with van der Waals surface area (Å²) in [4.78, 5) is 2.83. The fraction of sp³-hybridized carbons (Fsp3) is 0.111. The minimum atomic E-state index is 1.13. The Morgan fingerprint density at radius 3 is 3.09 bits per heavy atom. The topological polar surface area (TPSA) is 0 Å². The normalized spacial score (nSPS) is 32.4. The van der Waals surface area contributed by atoms with Gasteiger partial charge < -0.3 is 0 Å². The fourth-order valence-corrected chi connectivity index (χ4v) is 2.92. The molecule has 0 aromatic carbocycles. The van der Waals surface area contributed by atoms with Crippen LogP contribution in [0.1, 0.15) is 0 Å². The maximum absolute atomic E-state index is 2.28. The predicted molar refractivity (Wildman–Crippen MR) is 54.5 cm³/mol. The van der Waals surface area contributed by atoms with E-state index in [1.165, 1.54) is 9.81 Å². The molecule has 0 atom stereocenters. The second-order valence-corrected chi connectivity index (χ2v) is 4.25. The van der Waals surface area contributed by atoms with Gasteiger partial charge >= 0.3 is 0 Å². The van der Waals surface area contributed by atoms with E-state index in [9.17, 15) is 0 Å². The Morgan fingerprint density at radius 1 is 1.09 bits per heavy atom. The zero-order valence-corrected chi connectivity index (χ0v) is 7.62. The molecule has 0 N–H and O–H groups in total. The van der Waals surface area contributed by atoms with Gasteiger partial charge in [0.2, 0.25) is 0 Å². The van der Waals surface area contributed by atoms with Crippen LogP contribution in [0.25, 0.3) is 0 Å². The molecule has 0 aliphatic carbocycles. The predicted octanol–water partition coefficient (Wildman–Crippen LogP) is 3.32. The van der Waals surface area contributed by atoms with Gasteiger partial charge in [0.1, 0.15) is 0 Å². The molecule has 2 heteroatoms. The van der Waals surface area contributed by atoms with Crippen LogP contribution in [0.2, 0.25) is 0 Å². The van der Waals surface area contributed by atoms with Gasteiger partial charge in [-0.15, -0.1) is 11.8 Å². The van der Waals surface area contributed by atoms with E-state index in [0.717, 1.165) is 5.75 Å². The molecule has 11 heavy (non-hydrogen) atoms. The minimum Gasteiger partial charge on any atom is -0.121 e. The zero-order valence-electron chi connectivity index (χ0n) is 5.99. The summed E-state index contributed by atoms with van der Waals surface area (Å²) in [6.45, 7) is 0. The second kappa shape index (κ2) is 3.37. The molecule has 0 aromatic rings. The quantitative estimate of drug-likeness (QED) is 0.561. The highest BCUT2D eigenvalue weighted by atomic mass is 32.2. The Kier molecular flexibility index (Phi) is 2.24. The van der Waals surface area contributed by atoms with Crippen molar-refractivity contribution in [1.29, 1.82) is 0 Å². The summed E-state index contributed by atoms with van der Waals surface area (Å²) < 4.78 is 0. The van der Waals surface area contributed by atoms with Crippen LogP contribution in [0, 0.1) is 0 Å². The van der Waals surface area contributed by atoms with Crippen LogP contribution < -0.4 is 0 Å². The first kappa shape index (κ1) is 7.32. The van der Waals surface area contributed by atoms with E-state index in [4.69, 9.17) is 0 Å². The third-order valence-electron chi connectivity index (χ3n) is 1.49. The lowest BCUT2D eigenvalue weighted by Crippen LogP contribution is -1.72. The molecule has 0 nitrogen and oxygen atoms in total. The van der Waals surface area contributed by atoms with E-state index in [2.05, 4.69) is 35.8 Å². The van der Waals surface area contributed by atoms with Crippen molar-refractivity contribution in [3.05, 3.63) is 45.6 Å². The third-order valence-corrected chi connectivity index (χ3v) is 3.56. The van der Waals surface area contributed by atoms with Crippen LogP contribution in [0.5, 0.6) is 0 Å². The van der Waals surface area contributed by atoms with Gasteiger partial charge in [-0.2, -0.15) is 0 Å². The summed E-state index contributed by atoms with van der Waals surface area (Å²) in [6.07, 6.45) is 10.7. The first-order valence-electron chi connectivity index (χ1n) is 3.50. The molecule has 2 heterocycles. The van der Waals surface area contributed by atoms with Crippen LogP contribution >= 0.6 is 23.5 Å². The second-order valence-electron chi connectivity index (χ2n) is 2.24. The van der Waals surface area contributed by atoms with Gasteiger partial charge in [-0.25, -0.2) is 0 Å². The van der Waals surface area contributed by atoms with Gasteiger partial charge in [0.25, 0.3) is 0 Å². The van der Waals surface area contributed by atoms with Gasteiger partial charge in [0.15, 0.2) is 0 Å². The number of allylic oxidation sites excluding steroid dienone is 4. The Hall–Kier alpha value is -0.340. The highest BCUT2D eigenvalue weighted by Crippen LogP contribution is 2.39. The first-order valence-corrected chi connectivity index (χ1v) is 5.37. The Balaban J connectivity index is 2.32. The van der Waals surface area contributed by atoms with Gasteiger partial charge in [-0.3, -0.25) is 0 Å². The summed E-state index contributed by atoms with van der Waals surface area (Å²) in [7, 11) is 0. The molecule has 0 radical (unpaired) electrons. The van der Waals surface area contributed by atoms with Crippen molar-refractivity contribution in [2.45, 2.75) is 0 Å². The van der Waals surface area contributed by atoms with E-state index < -0.39 is 0 Å². The number of hydrogen-bond donors (Lipinski definition) is 0. The molecule has 0 saturated heterocycles. The largest absolute Gasteiger partial charge is 0.121 e. The number of fused-ring (bicyclic) bond motifs is 1. The van der Waals surface area contributed by atoms with Gasteiger partial charge in [0, 0.05) is 15.6 Å². The molecule has 0 aromatic heterocycles. The Morgan fingerprint density at radius 2 is 2.09 bits per heavy atom. The number of hydrogen-bond acceptors (Lipinski definition) is 2. The van der Waals surface area contributed by atoms with Crippen molar-refractivity contribution < 1.29 is 0 Å². The molecule has 0 spiro atoms. The molecular weight excluding hydrogens is 172 g/mol. The SMILES string of the molecule is C1=C2S\C=C/C=C\C=C/2SC1. The van der Waals surface area contributed by atoms with Crippen molar-refractivity contribution in [3.8, 4) is 0 Å². The van der Waals surface area contributed by atoms with Crippen LogP contribution in [0.3, 0.4) is 0 Å². The monoisotopic (exact) mass is 180 g/mol. The molecule has 0 amide bonds. The van der Waals surface area contributed by atoms with Crippen molar-refractivity contribution in [3.63, 3.8) is 0 Å². The lowest BCUT2D eigenvalue weighted by atomic mass is 10.4. The standard InChI is InChI=1S/C9H8S2/c1-2-4-8-9(5-7-11-8)10-6-3-1/h1-6H,7H2/b2-1-,6-3-,8-4+. The maximum atomic E-state index is 2.28. The molecule has 0 saturated carbocycles. The number of rotatable bonds is 0. The van der Waals surface area contributed by atoms with Crippen LogP contribution in [-0.4, -0.2) is 5.75 Å². The van der Waals surface area contributed by atoms with Crippen LogP contribution in [0.15, 0.2) is 45.6 Å². The van der Waals surface area contributed by atoms with E-state index in [1.54, 1.807) is 0 Å². The summed E-state index contributed by atoms with van der Waals surface area (Å²) in [6, 6.07) is 0. The fourth-order valence-electron chi connectivity index (χ4n) is 0.980. The van der Waals surface area contributed by atoms with Gasteiger partial charge in [-0.1, -0.05) is 36.1 Å². The summed E-state index contributed by atoms with van der Waals surface area (Å²) in [5.41, 5.74) is 0. The van der Waals surface area contributed by atoms with E-state index in [0.29, 0.717) is 0 Å². The highest BCUT2D eigenvalue weighted by Gasteiger charge is 2.10. The average Bonchev–Trinajstić information content (AvgIpc) is 2.35. The molecule has 56 valence electrons. The minimum absolute atomic E-state index is 1.13. The molecule has 0 unspecified atom stereocenters. The van der Waals surface area contributed by atoms with Crippen molar-refractivity contribution >= 4 is 23.5 Å². The van der Waals surface area contributed by atoms with Gasteiger partial charge in [0.05, 0.1) is 0 Å². The van der Waals surface area contributed by atoms with E-state index >= 15 is 0 Å². The molecule has 0 fully saturated rings. The summed E-state index contributed by atoms with van der Waals surface area (Å²) >= 11 is 3.72. The van der Waals surface area contributed by atoms with E-state index in [1.807, 2.05) is 23.5 Å². The van der Waals surface area contributed by atoms with Crippen LogP contribution in [-0.2, 0) is 0 Å². The first-order chi connectivity index (χ1) is 5.47. The molecule has 2 aliphatic heterocycles. The Bertz CT molecular complexity index is 269. The average molecular weight is 180 g/mol. The van der Waals surface area contributed by atoms with Crippen molar-refractivity contribution in [2.75, 3.05) is 5.75 Å². The van der Waals surface area contributed by atoms with E-state index in [-0.39, 0.29) is 0 Å². The molecule has 2 rings (SSSR count). The van der Waals surface area contributed by atoms with Crippen LogP contribution in [0.4, 0.5) is 0 Å².